The van der Waals surface area contributed by atoms with Gasteiger partial charge in [0.1, 0.15) is 5.82 Å². The molecule has 0 aliphatic carbocycles. The van der Waals surface area contributed by atoms with Crippen LogP contribution in [0.5, 0.6) is 0 Å². The molecule has 2 N–H and O–H groups in total. The van der Waals surface area contributed by atoms with Crippen LogP contribution in [0.3, 0.4) is 0 Å². The van der Waals surface area contributed by atoms with E-state index in [0.717, 1.165) is 16.0 Å². The van der Waals surface area contributed by atoms with Gasteiger partial charge in [0.15, 0.2) is 0 Å². The number of amides is 1. The molecule has 0 aliphatic rings. The van der Waals surface area contributed by atoms with E-state index in [2.05, 4.69) is 25.6 Å². The first-order chi connectivity index (χ1) is 15.5. The quantitative estimate of drug-likeness (QED) is 0.346. The Bertz CT molecular complexity index is 1110. The highest BCUT2D eigenvalue weighted by atomic mass is 35.5. The van der Waals surface area contributed by atoms with Crippen LogP contribution < -0.4 is 15.8 Å². The first-order valence-electron chi connectivity index (χ1n) is 9.73. The number of hydrogen-bond donors (Lipinski definition) is 2. The number of nitrogens with zero attached hydrogens (tertiary/aromatic N) is 4. The van der Waals surface area contributed by atoms with Gasteiger partial charge in [-0.05, 0) is 35.4 Å². The predicted molar refractivity (Wildman–Crippen MR) is 124 cm³/mol. The van der Waals surface area contributed by atoms with Crippen LogP contribution in [0.15, 0.2) is 58.4 Å². The molecule has 0 fully saturated rings. The Morgan fingerprint density at radius 3 is 2.41 bits per heavy atom. The largest absolute Gasteiger partial charge is 0.369 e. The van der Waals surface area contributed by atoms with E-state index < -0.39 is 11.5 Å². The van der Waals surface area contributed by atoms with E-state index in [1.807, 2.05) is 24.3 Å². The highest BCUT2D eigenvalue weighted by molar-refractivity contribution is 6.18. The summed E-state index contributed by atoms with van der Waals surface area (Å²) in [6.45, 7) is 1.49. The lowest BCUT2D eigenvalue weighted by molar-refractivity contribution is 0.0944. The third-order valence-electron chi connectivity index (χ3n) is 4.52. The molecular weight excluding hydrogens is 458 g/mol. The van der Waals surface area contributed by atoms with Crippen LogP contribution in [0.4, 0.5) is 10.1 Å². The number of carbonyl (C=O) groups is 1. The number of nitrogens with one attached hydrogen (secondary N) is 2. The van der Waals surface area contributed by atoms with Crippen molar-refractivity contribution in [3.63, 3.8) is 0 Å². The molecule has 8 nitrogen and oxygen atoms in total. The molecule has 11 heteroatoms. The molecule has 0 atom stereocenters. The zero-order valence-corrected chi connectivity index (χ0v) is 18.5. The van der Waals surface area contributed by atoms with Gasteiger partial charge in [-0.25, -0.2) is 4.39 Å². The Morgan fingerprint density at radius 2 is 1.78 bits per heavy atom. The number of aromatic nitrogens is 3. The van der Waals surface area contributed by atoms with Gasteiger partial charge in [-0.3, -0.25) is 9.59 Å². The van der Waals surface area contributed by atoms with Gasteiger partial charge in [0, 0.05) is 37.1 Å². The van der Waals surface area contributed by atoms with Crippen LogP contribution in [-0.2, 0) is 6.54 Å². The van der Waals surface area contributed by atoms with Crippen molar-refractivity contribution >= 4 is 41.0 Å². The summed E-state index contributed by atoms with van der Waals surface area (Å²) in [4.78, 5) is 27.6. The number of hydrogen-bond acceptors (Lipinski definition) is 5. The number of rotatable bonds is 10. The molecule has 0 aliphatic heterocycles. The first kappa shape index (κ1) is 23.5. The predicted octanol–water partition coefficient (Wildman–Crippen LogP) is 2.81. The Morgan fingerprint density at radius 1 is 1.12 bits per heavy atom. The molecular formula is C21H21Cl2FN6O2. The molecule has 1 amide bonds. The summed E-state index contributed by atoms with van der Waals surface area (Å²) < 4.78 is 12.9. The molecule has 0 saturated carbocycles. The molecule has 168 valence electrons. The Balaban J connectivity index is 1.64. The van der Waals surface area contributed by atoms with E-state index in [1.165, 1.54) is 18.3 Å². The Kier molecular flexibility index (Phi) is 8.41. The summed E-state index contributed by atoms with van der Waals surface area (Å²) in [6.07, 6.45) is 1.47. The van der Waals surface area contributed by atoms with Crippen molar-refractivity contribution in [1.82, 2.24) is 20.4 Å². The summed E-state index contributed by atoms with van der Waals surface area (Å²) in [5, 5.41) is 12.7. The van der Waals surface area contributed by atoms with Gasteiger partial charge in [-0.1, -0.05) is 24.3 Å². The van der Waals surface area contributed by atoms with Crippen LogP contribution >= 0.6 is 23.2 Å². The zero-order chi connectivity index (χ0) is 22.9. The van der Waals surface area contributed by atoms with Gasteiger partial charge in [0.05, 0.1) is 6.21 Å². The van der Waals surface area contributed by atoms with Gasteiger partial charge >= 0.3 is 5.56 Å². The minimum absolute atomic E-state index is 0.130. The average Bonchev–Trinajstić information content (AvgIpc) is 3.17. The van der Waals surface area contributed by atoms with E-state index in [4.69, 9.17) is 23.2 Å². The third-order valence-corrected chi connectivity index (χ3v) is 4.86. The molecule has 3 aromatic rings. The van der Waals surface area contributed by atoms with Crippen molar-refractivity contribution in [2.75, 3.05) is 29.7 Å². The average molecular weight is 479 g/mol. The smallest absolute Gasteiger partial charge is 0.320 e. The topological polar surface area (TPSA) is 95.4 Å². The van der Waals surface area contributed by atoms with Crippen molar-refractivity contribution in [1.29, 1.82) is 0 Å². The second-order valence-corrected chi connectivity index (χ2v) is 7.44. The monoisotopic (exact) mass is 478 g/mol. The number of alkyl halides is 2. The van der Waals surface area contributed by atoms with Crippen LogP contribution in [0.1, 0.15) is 21.6 Å². The lowest BCUT2D eigenvalue weighted by Gasteiger charge is -2.22. The summed E-state index contributed by atoms with van der Waals surface area (Å²) in [7, 11) is 0. The molecule has 0 saturated heterocycles. The second kappa shape index (κ2) is 11.4. The summed E-state index contributed by atoms with van der Waals surface area (Å²) >= 11 is 11.7. The van der Waals surface area contributed by atoms with Gasteiger partial charge in [0.25, 0.3) is 5.91 Å². The molecule has 0 bridgehead atoms. The SMILES string of the molecule is O=C(NCc1ccc(F)cc1)c1n[nH]n(N=Cc2ccc(N(CCCl)CCCl)cc2)c1=O. The van der Waals surface area contributed by atoms with Crippen LogP contribution in [-0.4, -0.2) is 52.1 Å². The fourth-order valence-electron chi connectivity index (χ4n) is 2.86. The number of carbonyl (C=O) groups excluding carboxylic acids is 1. The van der Waals surface area contributed by atoms with E-state index >= 15 is 0 Å². The fraction of sp³-hybridized carbons (Fsp3) is 0.238. The van der Waals surface area contributed by atoms with Gasteiger partial charge in [-0.15, -0.1) is 33.1 Å². The van der Waals surface area contributed by atoms with Gasteiger partial charge in [-0.2, -0.15) is 10.3 Å². The van der Waals surface area contributed by atoms with Gasteiger partial charge < -0.3 is 10.2 Å². The number of benzene rings is 2. The maximum absolute atomic E-state index is 12.9. The van der Waals surface area contributed by atoms with Crippen molar-refractivity contribution in [2.24, 2.45) is 5.10 Å². The number of anilines is 1. The van der Waals surface area contributed by atoms with Crippen molar-refractivity contribution < 1.29 is 9.18 Å². The zero-order valence-electron chi connectivity index (χ0n) is 17.0. The van der Waals surface area contributed by atoms with Crippen LogP contribution in [0, 0.1) is 5.82 Å². The normalized spacial score (nSPS) is 11.1. The molecule has 0 spiro atoms. The van der Waals surface area contributed by atoms with Crippen molar-refractivity contribution in [3.8, 4) is 0 Å². The third kappa shape index (κ3) is 6.18. The van der Waals surface area contributed by atoms with Crippen molar-refractivity contribution in [3.05, 3.63) is 81.5 Å². The fourth-order valence-corrected chi connectivity index (χ4v) is 3.26. The maximum Gasteiger partial charge on any atom is 0.320 e. The molecule has 1 aromatic heterocycles. The first-order valence-corrected chi connectivity index (χ1v) is 10.8. The highest BCUT2D eigenvalue weighted by Gasteiger charge is 2.16. The summed E-state index contributed by atoms with van der Waals surface area (Å²) in [5.74, 6) is -0.0520. The molecule has 0 radical (unpaired) electrons. The highest BCUT2D eigenvalue weighted by Crippen LogP contribution is 2.15. The van der Waals surface area contributed by atoms with Gasteiger partial charge in [0.2, 0.25) is 5.69 Å². The van der Waals surface area contributed by atoms with E-state index in [-0.39, 0.29) is 18.1 Å². The second-order valence-electron chi connectivity index (χ2n) is 6.69. The molecule has 0 unspecified atom stereocenters. The summed E-state index contributed by atoms with van der Waals surface area (Å²) in [5.41, 5.74) is 1.39. The van der Waals surface area contributed by atoms with Crippen LogP contribution in [0.2, 0.25) is 0 Å². The minimum atomic E-state index is -0.690. The standard InChI is InChI=1S/C21H21Cl2FN6O2/c22-9-11-29(12-10-23)18-7-3-16(4-8-18)14-26-30-21(32)19(27-28-30)20(31)25-13-15-1-5-17(24)6-2-15/h1-8,14,28H,9-13H2,(H,25,31). The number of H-pyrrole nitrogens is 1. The Hall–Kier alpha value is -3.17. The minimum Gasteiger partial charge on any atom is -0.369 e. The number of halogens is 3. The molecule has 2 aromatic carbocycles. The number of aromatic amines is 1. The van der Waals surface area contributed by atoms with Crippen molar-refractivity contribution in [2.45, 2.75) is 6.54 Å². The maximum atomic E-state index is 12.9. The molecule has 1 heterocycles. The van der Waals surface area contributed by atoms with E-state index in [0.29, 0.717) is 30.4 Å². The Labute approximate surface area is 193 Å². The van der Waals surface area contributed by atoms with E-state index in [1.54, 1.807) is 12.1 Å². The molecule has 3 rings (SSSR count). The lowest BCUT2D eigenvalue weighted by Crippen LogP contribution is -2.29. The summed E-state index contributed by atoms with van der Waals surface area (Å²) in [6, 6.07) is 13.2. The van der Waals surface area contributed by atoms with Crippen LogP contribution in [0.25, 0.3) is 0 Å². The molecule has 32 heavy (non-hydrogen) atoms. The lowest BCUT2D eigenvalue weighted by atomic mass is 10.2. The van der Waals surface area contributed by atoms with E-state index in [9.17, 15) is 14.0 Å².